The molecule has 5 nitrogen and oxygen atoms in total. The van der Waals surface area contributed by atoms with Crippen molar-refractivity contribution in [3.8, 4) is 0 Å². The number of nitrogens with one attached hydrogen (secondary N) is 1. The molecule has 27 heavy (non-hydrogen) atoms. The number of rotatable bonds is 6. The highest BCUT2D eigenvalue weighted by atomic mass is 32.2. The van der Waals surface area contributed by atoms with Gasteiger partial charge in [0, 0.05) is 18.1 Å². The molecule has 3 aromatic rings. The van der Waals surface area contributed by atoms with Gasteiger partial charge in [-0.25, -0.2) is 13.4 Å². The number of hydrogen-bond donors (Lipinski definition) is 1. The SMILES string of the molecule is O=S(=O)(Cc1cccc(NCc2cn3ccccc3n2)c1)C1CCCCC1. The van der Waals surface area contributed by atoms with Crippen molar-refractivity contribution >= 4 is 21.2 Å². The highest BCUT2D eigenvalue weighted by Crippen LogP contribution is 2.26. The molecule has 4 rings (SSSR count). The van der Waals surface area contributed by atoms with E-state index in [1.54, 1.807) is 0 Å². The van der Waals surface area contributed by atoms with Gasteiger partial charge in [-0.1, -0.05) is 37.5 Å². The van der Waals surface area contributed by atoms with E-state index in [0.29, 0.717) is 6.54 Å². The quantitative estimate of drug-likeness (QED) is 0.693. The number of anilines is 1. The highest BCUT2D eigenvalue weighted by molar-refractivity contribution is 7.91. The number of sulfone groups is 1. The molecule has 1 aromatic carbocycles. The zero-order valence-electron chi connectivity index (χ0n) is 15.3. The van der Waals surface area contributed by atoms with Crippen LogP contribution in [-0.2, 0) is 22.1 Å². The molecule has 0 amide bonds. The number of fused-ring (bicyclic) bond motifs is 1. The Morgan fingerprint density at radius 1 is 1.07 bits per heavy atom. The van der Waals surface area contributed by atoms with Gasteiger partial charge in [0.1, 0.15) is 5.65 Å². The first-order valence-corrected chi connectivity index (χ1v) is 11.3. The second-order valence-corrected chi connectivity index (χ2v) is 9.60. The zero-order valence-corrected chi connectivity index (χ0v) is 16.2. The molecule has 6 heteroatoms. The van der Waals surface area contributed by atoms with Crippen molar-refractivity contribution in [2.75, 3.05) is 5.32 Å². The van der Waals surface area contributed by atoms with Crippen molar-refractivity contribution in [3.63, 3.8) is 0 Å². The second-order valence-electron chi connectivity index (χ2n) is 7.32. The van der Waals surface area contributed by atoms with Gasteiger partial charge in [-0.15, -0.1) is 0 Å². The van der Waals surface area contributed by atoms with Gasteiger partial charge in [-0.3, -0.25) is 0 Å². The molecule has 1 fully saturated rings. The normalized spacial score (nSPS) is 15.9. The fourth-order valence-electron chi connectivity index (χ4n) is 3.81. The van der Waals surface area contributed by atoms with Gasteiger partial charge >= 0.3 is 0 Å². The van der Waals surface area contributed by atoms with E-state index in [1.807, 2.05) is 59.3 Å². The van der Waals surface area contributed by atoms with Gasteiger partial charge in [0.2, 0.25) is 0 Å². The van der Waals surface area contributed by atoms with Gasteiger partial charge in [-0.05, 0) is 42.7 Å². The number of pyridine rings is 1. The Hall–Kier alpha value is -2.34. The summed E-state index contributed by atoms with van der Waals surface area (Å²) in [5.74, 6) is 0.127. The van der Waals surface area contributed by atoms with Crippen LogP contribution in [0.3, 0.4) is 0 Å². The summed E-state index contributed by atoms with van der Waals surface area (Å²) < 4.78 is 27.4. The molecular weight excluding hydrogens is 358 g/mol. The van der Waals surface area contributed by atoms with Crippen LogP contribution in [0.4, 0.5) is 5.69 Å². The fraction of sp³-hybridized carbons (Fsp3) is 0.381. The number of imidazole rings is 1. The van der Waals surface area contributed by atoms with Crippen LogP contribution < -0.4 is 5.32 Å². The van der Waals surface area contributed by atoms with Crippen molar-refractivity contribution in [1.82, 2.24) is 9.38 Å². The topological polar surface area (TPSA) is 63.5 Å². The van der Waals surface area contributed by atoms with E-state index >= 15 is 0 Å². The molecule has 0 atom stereocenters. The summed E-state index contributed by atoms with van der Waals surface area (Å²) in [6.45, 7) is 0.598. The molecule has 0 bridgehead atoms. The van der Waals surface area contributed by atoms with E-state index in [4.69, 9.17) is 0 Å². The summed E-state index contributed by atoms with van der Waals surface area (Å²) in [4.78, 5) is 4.58. The van der Waals surface area contributed by atoms with Crippen LogP contribution >= 0.6 is 0 Å². The predicted molar refractivity (Wildman–Crippen MR) is 108 cm³/mol. The van der Waals surface area contributed by atoms with E-state index < -0.39 is 9.84 Å². The van der Waals surface area contributed by atoms with Gasteiger partial charge in [0.05, 0.1) is 23.2 Å². The first-order chi connectivity index (χ1) is 13.1. The van der Waals surface area contributed by atoms with E-state index in [2.05, 4.69) is 10.3 Å². The second kappa shape index (κ2) is 7.72. The summed E-state index contributed by atoms with van der Waals surface area (Å²) in [6, 6.07) is 13.6. The van der Waals surface area contributed by atoms with E-state index in [1.165, 1.54) is 0 Å². The molecule has 1 aliphatic rings. The van der Waals surface area contributed by atoms with Crippen LogP contribution in [-0.4, -0.2) is 23.1 Å². The smallest absolute Gasteiger partial charge is 0.157 e. The standard InChI is InChI=1S/C21H25N3O2S/c25-27(26,20-9-2-1-3-10-20)16-17-7-6-8-18(13-17)22-14-19-15-24-12-5-4-11-21(24)23-19/h4-8,11-13,15,20,22H,1-3,9-10,14,16H2. The van der Waals surface area contributed by atoms with Crippen LogP contribution in [0.25, 0.3) is 5.65 Å². The Morgan fingerprint density at radius 2 is 1.93 bits per heavy atom. The van der Waals surface area contributed by atoms with E-state index in [-0.39, 0.29) is 11.0 Å². The molecular formula is C21H25N3O2S. The van der Waals surface area contributed by atoms with Crippen molar-refractivity contribution in [1.29, 1.82) is 0 Å². The lowest BCUT2D eigenvalue weighted by Gasteiger charge is -2.21. The zero-order chi connectivity index (χ0) is 18.7. The Labute approximate surface area is 160 Å². The maximum atomic E-state index is 12.7. The van der Waals surface area contributed by atoms with E-state index in [0.717, 1.165) is 54.7 Å². The Balaban J connectivity index is 1.42. The first kappa shape index (κ1) is 18.0. The van der Waals surface area contributed by atoms with Crippen LogP contribution in [0, 0.1) is 0 Å². The molecule has 0 radical (unpaired) electrons. The summed E-state index contributed by atoms with van der Waals surface area (Å²) in [5.41, 5.74) is 3.63. The fourth-order valence-corrected chi connectivity index (χ4v) is 5.74. The highest BCUT2D eigenvalue weighted by Gasteiger charge is 2.27. The first-order valence-electron chi connectivity index (χ1n) is 9.57. The van der Waals surface area contributed by atoms with Gasteiger partial charge in [0.15, 0.2) is 9.84 Å². The van der Waals surface area contributed by atoms with Crippen LogP contribution in [0.2, 0.25) is 0 Å². The average molecular weight is 384 g/mol. The largest absolute Gasteiger partial charge is 0.379 e. The van der Waals surface area contributed by atoms with Crippen molar-refractivity contribution in [2.45, 2.75) is 49.7 Å². The molecule has 0 unspecified atom stereocenters. The summed E-state index contributed by atoms with van der Waals surface area (Å²) in [5, 5.41) is 3.19. The monoisotopic (exact) mass is 383 g/mol. The van der Waals surface area contributed by atoms with Crippen LogP contribution in [0.1, 0.15) is 43.4 Å². The minimum atomic E-state index is -3.08. The van der Waals surface area contributed by atoms with Gasteiger partial charge in [-0.2, -0.15) is 0 Å². The minimum Gasteiger partial charge on any atom is -0.379 e. The molecule has 1 saturated carbocycles. The number of aromatic nitrogens is 2. The number of hydrogen-bond acceptors (Lipinski definition) is 4. The molecule has 142 valence electrons. The predicted octanol–water partition coefficient (Wildman–Crippen LogP) is 4.19. The van der Waals surface area contributed by atoms with Crippen molar-refractivity contribution < 1.29 is 8.42 Å². The maximum Gasteiger partial charge on any atom is 0.157 e. The Kier molecular flexibility index (Phi) is 5.16. The lowest BCUT2D eigenvalue weighted by Crippen LogP contribution is -2.25. The Morgan fingerprint density at radius 3 is 2.74 bits per heavy atom. The van der Waals surface area contributed by atoms with Gasteiger partial charge in [0.25, 0.3) is 0 Å². The molecule has 0 spiro atoms. The molecule has 1 N–H and O–H groups in total. The average Bonchev–Trinajstić information content (AvgIpc) is 3.10. The third kappa shape index (κ3) is 4.33. The van der Waals surface area contributed by atoms with Crippen LogP contribution in [0.15, 0.2) is 54.9 Å². The molecule has 2 aromatic heterocycles. The van der Waals surface area contributed by atoms with Gasteiger partial charge < -0.3 is 9.72 Å². The molecule has 2 heterocycles. The molecule has 0 aliphatic heterocycles. The number of nitrogens with zero attached hydrogens (tertiary/aromatic N) is 2. The molecule has 0 saturated heterocycles. The molecule has 1 aliphatic carbocycles. The van der Waals surface area contributed by atoms with Crippen molar-refractivity contribution in [2.24, 2.45) is 0 Å². The lowest BCUT2D eigenvalue weighted by molar-refractivity contribution is 0.483. The Bertz CT molecular complexity index is 988. The van der Waals surface area contributed by atoms with Crippen LogP contribution in [0.5, 0.6) is 0 Å². The number of benzene rings is 1. The minimum absolute atomic E-state index is 0.127. The lowest BCUT2D eigenvalue weighted by atomic mass is 10.0. The third-order valence-electron chi connectivity index (χ3n) is 5.24. The summed E-state index contributed by atoms with van der Waals surface area (Å²) >= 11 is 0. The maximum absolute atomic E-state index is 12.7. The third-order valence-corrected chi connectivity index (χ3v) is 7.47. The van der Waals surface area contributed by atoms with Crippen molar-refractivity contribution in [3.05, 3.63) is 66.1 Å². The summed E-state index contributed by atoms with van der Waals surface area (Å²) in [7, 11) is -3.08. The van der Waals surface area contributed by atoms with E-state index in [9.17, 15) is 8.42 Å². The summed E-state index contributed by atoms with van der Waals surface area (Å²) in [6.07, 6.45) is 8.83.